The van der Waals surface area contributed by atoms with Crippen LogP contribution >= 0.6 is 0 Å². The topological polar surface area (TPSA) is 92.0 Å². The molecule has 2 aromatic heterocycles. The fraction of sp³-hybridized carbons (Fsp3) is 0. The fourth-order valence-electron chi connectivity index (χ4n) is 1.73. The summed E-state index contributed by atoms with van der Waals surface area (Å²) >= 11 is 0. The lowest BCUT2D eigenvalue weighted by Gasteiger charge is -1.98. The highest BCUT2D eigenvalue weighted by atomic mass is 16.4. The van der Waals surface area contributed by atoms with E-state index in [1.54, 1.807) is 6.20 Å². The molecule has 3 rings (SSSR count). The van der Waals surface area contributed by atoms with E-state index < -0.39 is 5.97 Å². The number of carboxylic acids is 1. The van der Waals surface area contributed by atoms with E-state index in [0.29, 0.717) is 11.6 Å². The summed E-state index contributed by atoms with van der Waals surface area (Å²) in [5.74, 6) is -0.491. The number of H-pyrrole nitrogens is 1. The van der Waals surface area contributed by atoms with Crippen molar-refractivity contribution in [2.45, 2.75) is 0 Å². The highest BCUT2D eigenvalue weighted by Gasteiger charge is 2.09. The zero-order valence-electron chi connectivity index (χ0n) is 9.70. The lowest BCUT2D eigenvalue weighted by atomic mass is 10.1. The van der Waals surface area contributed by atoms with Crippen LogP contribution in [0.1, 0.15) is 10.5 Å². The van der Waals surface area contributed by atoms with Crippen LogP contribution in [0.2, 0.25) is 0 Å². The first-order valence-corrected chi connectivity index (χ1v) is 5.53. The molecule has 0 radical (unpaired) electrons. The van der Waals surface area contributed by atoms with Crippen LogP contribution in [0.4, 0.5) is 0 Å². The molecule has 3 aromatic rings. The van der Waals surface area contributed by atoms with Gasteiger partial charge in [-0.05, 0) is 18.2 Å². The Bertz CT molecular complexity index is 699. The number of oxazole rings is 1. The maximum Gasteiger partial charge on any atom is 0.353 e. The number of nitrogens with zero attached hydrogens (tertiary/aromatic N) is 2. The van der Waals surface area contributed by atoms with Gasteiger partial charge in [0.25, 0.3) is 0 Å². The number of carbonyl (C=O) groups is 1. The number of aromatic amines is 1. The van der Waals surface area contributed by atoms with Crippen molar-refractivity contribution < 1.29 is 14.3 Å². The second-order valence-corrected chi connectivity index (χ2v) is 3.89. The number of carboxylic acid groups (broad SMARTS) is 1. The summed E-state index contributed by atoms with van der Waals surface area (Å²) in [6, 6.07) is 8.84. The van der Waals surface area contributed by atoms with E-state index in [-0.39, 0.29) is 5.69 Å². The zero-order valence-corrected chi connectivity index (χ0v) is 9.70. The van der Waals surface area contributed by atoms with Crippen LogP contribution in [0.5, 0.6) is 0 Å². The van der Waals surface area contributed by atoms with E-state index in [2.05, 4.69) is 15.2 Å². The molecule has 0 saturated heterocycles. The van der Waals surface area contributed by atoms with E-state index in [1.807, 2.05) is 24.3 Å². The second kappa shape index (κ2) is 4.41. The Morgan fingerprint density at radius 3 is 2.53 bits per heavy atom. The Hall–Kier alpha value is -2.89. The van der Waals surface area contributed by atoms with E-state index in [1.165, 1.54) is 12.3 Å². The molecule has 0 amide bonds. The van der Waals surface area contributed by atoms with Gasteiger partial charge in [-0.25, -0.2) is 9.78 Å². The molecule has 0 fully saturated rings. The number of benzene rings is 1. The van der Waals surface area contributed by atoms with Gasteiger partial charge >= 0.3 is 5.97 Å². The van der Waals surface area contributed by atoms with E-state index in [0.717, 1.165) is 11.1 Å². The molecule has 0 atom stereocenters. The SMILES string of the molecule is O=C(O)c1cc(-c2ccc(-c3ncco3)cc2)n[nH]1. The second-order valence-electron chi connectivity index (χ2n) is 3.89. The first-order chi connectivity index (χ1) is 9.24. The molecule has 0 bridgehead atoms. The third kappa shape index (κ3) is 2.11. The lowest BCUT2D eigenvalue weighted by Crippen LogP contribution is -1.95. The normalized spacial score (nSPS) is 10.5. The van der Waals surface area contributed by atoms with Crippen LogP contribution in [-0.2, 0) is 0 Å². The Morgan fingerprint density at radius 1 is 1.21 bits per heavy atom. The van der Waals surface area contributed by atoms with Gasteiger partial charge in [0.2, 0.25) is 5.89 Å². The van der Waals surface area contributed by atoms with Gasteiger partial charge in [0.15, 0.2) is 0 Å². The fourth-order valence-corrected chi connectivity index (χ4v) is 1.73. The van der Waals surface area contributed by atoms with E-state index >= 15 is 0 Å². The number of rotatable bonds is 3. The van der Waals surface area contributed by atoms with Crippen LogP contribution in [0, 0.1) is 0 Å². The molecule has 6 heteroatoms. The molecule has 0 aliphatic heterocycles. The molecule has 2 N–H and O–H groups in total. The third-order valence-electron chi connectivity index (χ3n) is 2.67. The molecule has 0 spiro atoms. The minimum absolute atomic E-state index is 0.0618. The average Bonchev–Trinajstić information content (AvgIpc) is 3.11. The standard InChI is InChI=1S/C13H9N3O3/c17-13(18)11-7-10(15-16-11)8-1-3-9(4-2-8)12-14-5-6-19-12/h1-7H,(H,15,16)(H,17,18). The molecule has 1 aromatic carbocycles. The largest absolute Gasteiger partial charge is 0.477 e. The van der Waals surface area contributed by atoms with Gasteiger partial charge in [-0.1, -0.05) is 12.1 Å². The van der Waals surface area contributed by atoms with Gasteiger partial charge in [-0.15, -0.1) is 0 Å². The zero-order chi connectivity index (χ0) is 13.2. The summed E-state index contributed by atoms with van der Waals surface area (Å²) in [6.45, 7) is 0. The molecule has 0 unspecified atom stereocenters. The van der Waals surface area contributed by atoms with Gasteiger partial charge in [0.1, 0.15) is 12.0 Å². The Morgan fingerprint density at radius 2 is 1.95 bits per heavy atom. The molecule has 6 nitrogen and oxygen atoms in total. The molecule has 0 aliphatic rings. The molecule has 0 aliphatic carbocycles. The predicted octanol–water partition coefficient (Wildman–Crippen LogP) is 2.43. The first-order valence-electron chi connectivity index (χ1n) is 5.53. The van der Waals surface area contributed by atoms with Crippen LogP contribution in [0.15, 0.2) is 47.2 Å². The van der Waals surface area contributed by atoms with Crippen molar-refractivity contribution in [2.75, 3.05) is 0 Å². The molecular weight excluding hydrogens is 246 g/mol. The summed E-state index contributed by atoms with van der Waals surface area (Å²) in [5, 5.41) is 15.2. The van der Waals surface area contributed by atoms with Gasteiger partial charge in [-0.2, -0.15) is 5.10 Å². The number of hydrogen-bond acceptors (Lipinski definition) is 4. The van der Waals surface area contributed by atoms with Crippen LogP contribution in [-0.4, -0.2) is 26.3 Å². The lowest BCUT2D eigenvalue weighted by molar-refractivity contribution is 0.0690. The number of aromatic carboxylic acids is 1. The molecule has 19 heavy (non-hydrogen) atoms. The summed E-state index contributed by atoms with van der Waals surface area (Å²) in [4.78, 5) is 14.8. The van der Waals surface area contributed by atoms with Crippen LogP contribution in [0.3, 0.4) is 0 Å². The van der Waals surface area contributed by atoms with Crippen LogP contribution in [0.25, 0.3) is 22.7 Å². The van der Waals surface area contributed by atoms with Gasteiger partial charge in [0.05, 0.1) is 11.9 Å². The van der Waals surface area contributed by atoms with Crippen molar-refractivity contribution >= 4 is 5.97 Å². The van der Waals surface area contributed by atoms with Gasteiger partial charge < -0.3 is 9.52 Å². The molecule has 0 saturated carbocycles. The number of nitrogens with one attached hydrogen (secondary N) is 1. The monoisotopic (exact) mass is 255 g/mol. The van der Waals surface area contributed by atoms with Crippen molar-refractivity contribution in [3.63, 3.8) is 0 Å². The van der Waals surface area contributed by atoms with Crippen molar-refractivity contribution in [1.82, 2.24) is 15.2 Å². The van der Waals surface area contributed by atoms with E-state index in [4.69, 9.17) is 9.52 Å². The van der Waals surface area contributed by atoms with E-state index in [9.17, 15) is 4.79 Å². The summed E-state index contributed by atoms with van der Waals surface area (Å²) < 4.78 is 5.19. The van der Waals surface area contributed by atoms with Gasteiger partial charge in [0, 0.05) is 11.1 Å². The van der Waals surface area contributed by atoms with Crippen molar-refractivity contribution in [2.24, 2.45) is 0 Å². The summed E-state index contributed by atoms with van der Waals surface area (Å²) in [6.07, 6.45) is 3.09. The maximum absolute atomic E-state index is 10.8. The quantitative estimate of drug-likeness (QED) is 0.749. The third-order valence-corrected chi connectivity index (χ3v) is 2.67. The molecule has 2 heterocycles. The summed E-state index contributed by atoms with van der Waals surface area (Å²) in [7, 11) is 0. The maximum atomic E-state index is 10.8. The Kier molecular flexibility index (Phi) is 2.60. The highest BCUT2D eigenvalue weighted by molar-refractivity contribution is 5.86. The van der Waals surface area contributed by atoms with Crippen molar-refractivity contribution in [3.05, 3.63) is 48.5 Å². The minimum atomic E-state index is -1.03. The Labute approximate surface area is 107 Å². The molecule has 94 valence electrons. The van der Waals surface area contributed by atoms with Gasteiger partial charge in [-0.3, -0.25) is 5.10 Å². The van der Waals surface area contributed by atoms with Crippen molar-refractivity contribution in [3.8, 4) is 22.7 Å². The number of hydrogen-bond donors (Lipinski definition) is 2. The molecular formula is C13H9N3O3. The summed E-state index contributed by atoms with van der Waals surface area (Å²) in [5.41, 5.74) is 2.31. The highest BCUT2D eigenvalue weighted by Crippen LogP contribution is 2.23. The number of aromatic nitrogens is 3. The van der Waals surface area contributed by atoms with Crippen molar-refractivity contribution in [1.29, 1.82) is 0 Å². The first kappa shape index (κ1) is 11.2. The Balaban J connectivity index is 1.91. The smallest absolute Gasteiger partial charge is 0.353 e. The minimum Gasteiger partial charge on any atom is -0.477 e. The van der Waals surface area contributed by atoms with Crippen LogP contribution < -0.4 is 0 Å². The predicted molar refractivity (Wildman–Crippen MR) is 66.5 cm³/mol. The average molecular weight is 255 g/mol.